The fraction of sp³-hybridized carbons (Fsp3) is 0.583. The molecule has 5 heteroatoms. The van der Waals surface area contributed by atoms with E-state index in [1.165, 1.54) is 0 Å². The number of rotatable bonds is 6. The predicted octanol–water partition coefficient (Wildman–Crippen LogP) is 1.96. The molecule has 0 aromatic carbocycles. The summed E-state index contributed by atoms with van der Waals surface area (Å²) in [6.07, 6.45) is 2.30. The van der Waals surface area contributed by atoms with Gasteiger partial charge in [-0.25, -0.2) is 9.97 Å². The Bertz CT molecular complexity index is 396. The van der Waals surface area contributed by atoms with Crippen molar-refractivity contribution < 1.29 is 0 Å². The Kier molecular flexibility index (Phi) is 5.21. The average Bonchev–Trinajstić information content (AvgIpc) is 2.32. The zero-order valence-corrected chi connectivity index (χ0v) is 10.7. The van der Waals surface area contributed by atoms with Gasteiger partial charge in [0.1, 0.15) is 24.0 Å². The highest BCUT2D eigenvalue weighted by atomic mass is 15.2. The highest BCUT2D eigenvalue weighted by Gasteiger charge is 2.05. The van der Waals surface area contributed by atoms with Crippen LogP contribution in [-0.4, -0.2) is 30.1 Å². The lowest BCUT2D eigenvalue weighted by Gasteiger charge is -2.18. The lowest BCUT2D eigenvalue weighted by atomic mass is 10.3. The van der Waals surface area contributed by atoms with Gasteiger partial charge in [-0.05, 0) is 13.3 Å². The maximum absolute atomic E-state index is 8.53. The highest BCUT2D eigenvalue weighted by Crippen LogP contribution is 2.14. The molecule has 5 nitrogen and oxygen atoms in total. The minimum Gasteiger partial charge on any atom is -0.360 e. The lowest BCUT2D eigenvalue weighted by molar-refractivity contribution is 0.756. The van der Waals surface area contributed by atoms with Gasteiger partial charge >= 0.3 is 0 Å². The molecular formula is C12H19N5. The zero-order valence-electron chi connectivity index (χ0n) is 10.7. The second-order valence-corrected chi connectivity index (χ2v) is 3.95. The van der Waals surface area contributed by atoms with Crippen molar-refractivity contribution in [2.75, 3.05) is 30.4 Å². The molecule has 0 saturated heterocycles. The van der Waals surface area contributed by atoms with Gasteiger partial charge in [0.2, 0.25) is 0 Å². The maximum atomic E-state index is 8.53. The molecule has 0 unspecified atom stereocenters. The van der Waals surface area contributed by atoms with Crippen LogP contribution in [0.5, 0.6) is 0 Å². The maximum Gasteiger partial charge on any atom is 0.134 e. The number of aromatic nitrogens is 2. The monoisotopic (exact) mass is 233 g/mol. The van der Waals surface area contributed by atoms with Gasteiger partial charge < -0.3 is 10.2 Å². The van der Waals surface area contributed by atoms with Gasteiger partial charge in [0.25, 0.3) is 0 Å². The Morgan fingerprint density at radius 1 is 1.47 bits per heavy atom. The van der Waals surface area contributed by atoms with Crippen LogP contribution in [0.15, 0.2) is 6.07 Å². The smallest absolute Gasteiger partial charge is 0.134 e. The van der Waals surface area contributed by atoms with E-state index in [-0.39, 0.29) is 6.54 Å². The van der Waals surface area contributed by atoms with Crippen molar-refractivity contribution in [3.8, 4) is 6.07 Å². The number of nitriles is 1. The Morgan fingerprint density at radius 2 is 2.24 bits per heavy atom. The van der Waals surface area contributed by atoms with E-state index in [0.717, 1.165) is 25.2 Å². The Hall–Kier alpha value is -1.83. The van der Waals surface area contributed by atoms with E-state index >= 15 is 0 Å². The summed E-state index contributed by atoms with van der Waals surface area (Å²) in [5, 5.41) is 11.5. The molecule has 0 amide bonds. The Balaban J connectivity index is 2.77. The van der Waals surface area contributed by atoms with Crippen molar-refractivity contribution in [3.63, 3.8) is 0 Å². The van der Waals surface area contributed by atoms with Crippen LogP contribution in [0, 0.1) is 18.3 Å². The van der Waals surface area contributed by atoms with Crippen molar-refractivity contribution in [1.82, 2.24) is 9.97 Å². The topological polar surface area (TPSA) is 64.8 Å². The van der Waals surface area contributed by atoms with Crippen molar-refractivity contribution in [2.24, 2.45) is 0 Å². The summed E-state index contributed by atoms with van der Waals surface area (Å²) in [6.45, 7) is 5.26. The van der Waals surface area contributed by atoms with Crippen LogP contribution in [0.4, 0.5) is 11.6 Å². The molecule has 0 radical (unpaired) electrons. The largest absolute Gasteiger partial charge is 0.360 e. The molecule has 0 saturated carbocycles. The van der Waals surface area contributed by atoms with Gasteiger partial charge in [0.05, 0.1) is 6.07 Å². The van der Waals surface area contributed by atoms with E-state index in [1.807, 2.05) is 26.1 Å². The van der Waals surface area contributed by atoms with Gasteiger partial charge in [-0.15, -0.1) is 0 Å². The van der Waals surface area contributed by atoms with E-state index in [2.05, 4.69) is 27.1 Å². The first kappa shape index (κ1) is 13.2. The summed E-state index contributed by atoms with van der Waals surface area (Å²) in [6, 6.07) is 3.91. The first-order chi connectivity index (χ1) is 8.17. The molecule has 0 fully saturated rings. The highest BCUT2D eigenvalue weighted by molar-refractivity contribution is 5.49. The van der Waals surface area contributed by atoms with Crippen molar-refractivity contribution in [3.05, 3.63) is 11.9 Å². The van der Waals surface area contributed by atoms with Gasteiger partial charge in [0.15, 0.2) is 0 Å². The molecule has 1 aromatic heterocycles. The van der Waals surface area contributed by atoms with Crippen LogP contribution in [0.2, 0.25) is 0 Å². The van der Waals surface area contributed by atoms with Crippen molar-refractivity contribution in [2.45, 2.75) is 26.7 Å². The van der Waals surface area contributed by atoms with E-state index in [9.17, 15) is 0 Å². The van der Waals surface area contributed by atoms with Crippen LogP contribution in [0.3, 0.4) is 0 Å². The molecule has 0 atom stereocenters. The van der Waals surface area contributed by atoms with Crippen LogP contribution >= 0.6 is 0 Å². The van der Waals surface area contributed by atoms with Crippen LogP contribution < -0.4 is 10.2 Å². The summed E-state index contributed by atoms with van der Waals surface area (Å²) >= 11 is 0. The summed E-state index contributed by atoms with van der Waals surface area (Å²) < 4.78 is 0. The minimum atomic E-state index is 0.258. The summed E-state index contributed by atoms with van der Waals surface area (Å²) in [7, 11) is 2.02. The molecule has 0 aliphatic carbocycles. The quantitative estimate of drug-likeness (QED) is 0.761. The van der Waals surface area contributed by atoms with Gasteiger partial charge in [-0.1, -0.05) is 13.3 Å². The van der Waals surface area contributed by atoms with Crippen LogP contribution in [0.25, 0.3) is 0 Å². The zero-order chi connectivity index (χ0) is 12.7. The van der Waals surface area contributed by atoms with Gasteiger partial charge in [0, 0.05) is 19.7 Å². The number of aryl methyl sites for hydroxylation is 1. The third-order valence-corrected chi connectivity index (χ3v) is 2.41. The van der Waals surface area contributed by atoms with Crippen LogP contribution in [-0.2, 0) is 0 Å². The Labute approximate surface area is 102 Å². The molecule has 17 heavy (non-hydrogen) atoms. The molecule has 1 rings (SSSR count). The number of unbranched alkanes of at least 4 members (excludes halogenated alkanes) is 1. The van der Waals surface area contributed by atoms with Gasteiger partial charge in [-0.3, -0.25) is 0 Å². The normalized spacial score (nSPS) is 9.76. The van der Waals surface area contributed by atoms with E-state index in [1.54, 1.807) is 0 Å². The molecule has 1 N–H and O–H groups in total. The molecule has 0 aliphatic heterocycles. The fourth-order valence-corrected chi connectivity index (χ4v) is 1.48. The summed E-state index contributed by atoms with van der Waals surface area (Å²) in [5.74, 6) is 2.31. The Morgan fingerprint density at radius 3 is 2.88 bits per heavy atom. The van der Waals surface area contributed by atoms with E-state index in [4.69, 9.17) is 5.26 Å². The first-order valence-corrected chi connectivity index (χ1v) is 5.85. The molecule has 0 aliphatic rings. The fourth-order valence-electron chi connectivity index (χ4n) is 1.48. The first-order valence-electron chi connectivity index (χ1n) is 5.85. The predicted molar refractivity (Wildman–Crippen MR) is 69.0 cm³/mol. The minimum absolute atomic E-state index is 0.258. The van der Waals surface area contributed by atoms with Crippen molar-refractivity contribution >= 4 is 11.6 Å². The van der Waals surface area contributed by atoms with Crippen LogP contribution in [0.1, 0.15) is 25.6 Å². The van der Waals surface area contributed by atoms with Gasteiger partial charge in [-0.2, -0.15) is 5.26 Å². The summed E-state index contributed by atoms with van der Waals surface area (Å²) in [4.78, 5) is 10.7. The average molecular weight is 233 g/mol. The molecule has 1 heterocycles. The number of nitrogens with zero attached hydrogens (tertiary/aromatic N) is 4. The number of anilines is 2. The molecule has 0 spiro atoms. The number of nitrogens with one attached hydrogen (secondary N) is 1. The number of hydrogen-bond acceptors (Lipinski definition) is 5. The molecule has 92 valence electrons. The van der Waals surface area contributed by atoms with Crippen molar-refractivity contribution in [1.29, 1.82) is 5.26 Å². The molecular weight excluding hydrogens is 214 g/mol. The molecule has 1 aromatic rings. The number of hydrogen-bond donors (Lipinski definition) is 1. The standard InChI is InChI=1S/C12H19N5/c1-4-5-8-17(3)12-9-11(14-7-6-13)15-10(2)16-12/h9H,4-5,7-8H2,1-3H3,(H,14,15,16). The third kappa shape index (κ3) is 4.27. The van der Waals surface area contributed by atoms with E-state index < -0.39 is 0 Å². The third-order valence-electron chi connectivity index (χ3n) is 2.41. The van der Waals surface area contributed by atoms with E-state index in [0.29, 0.717) is 11.6 Å². The lowest BCUT2D eigenvalue weighted by Crippen LogP contribution is -2.20. The SMILES string of the molecule is CCCCN(C)c1cc(NCC#N)nc(C)n1. The summed E-state index contributed by atoms with van der Waals surface area (Å²) in [5.41, 5.74) is 0. The molecule has 0 bridgehead atoms. The second kappa shape index (κ2) is 6.69. The second-order valence-electron chi connectivity index (χ2n) is 3.95.